The van der Waals surface area contributed by atoms with Gasteiger partial charge in [-0.05, 0) is 42.6 Å². The highest BCUT2D eigenvalue weighted by Crippen LogP contribution is 2.24. The minimum atomic E-state index is 0.643. The molecule has 0 fully saturated rings. The molecule has 0 saturated heterocycles. The zero-order valence-electron chi connectivity index (χ0n) is 12.4. The fourth-order valence-corrected chi connectivity index (χ4v) is 3.38. The lowest BCUT2D eigenvalue weighted by Gasteiger charge is -2.30. The molecule has 3 nitrogen and oxygen atoms in total. The standard InChI is InChI=1S/C14H25Br2N3/c1-5-12(6-2)18(9-8-15)10-13-14(16)11(4)17-19(13)7-3/h12H,5-10H2,1-4H3. The third-order valence-corrected chi connectivity index (χ3v) is 5.02. The number of halogens is 2. The van der Waals surface area contributed by atoms with Crippen molar-refractivity contribution in [2.75, 3.05) is 11.9 Å². The van der Waals surface area contributed by atoms with Crippen LogP contribution in [0.25, 0.3) is 0 Å². The van der Waals surface area contributed by atoms with Gasteiger partial charge in [0.15, 0.2) is 0 Å². The highest BCUT2D eigenvalue weighted by atomic mass is 79.9. The van der Waals surface area contributed by atoms with Crippen LogP contribution in [-0.2, 0) is 13.1 Å². The molecule has 0 aliphatic rings. The Morgan fingerprint density at radius 3 is 2.37 bits per heavy atom. The fourth-order valence-electron chi connectivity index (χ4n) is 2.52. The van der Waals surface area contributed by atoms with Gasteiger partial charge in [0.05, 0.1) is 15.9 Å². The van der Waals surface area contributed by atoms with Gasteiger partial charge in [0.2, 0.25) is 0 Å². The molecule has 0 radical (unpaired) electrons. The predicted octanol–water partition coefficient (Wildman–Crippen LogP) is 4.36. The van der Waals surface area contributed by atoms with Crippen LogP contribution < -0.4 is 0 Å². The molecule has 0 aliphatic carbocycles. The monoisotopic (exact) mass is 393 g/mol. The largest absolute Gasteiger partial charge is 0.294 e. The van der Waals surface area contributed by atoms with Gasteiger partial charge >= 0.3 is 0 Å². The molecule has 0 amide bonds. The van der Waals surface area contributed by atoms with Crippen molar-refractivity contribution in [3.63, 3.8) is 0 Å². The lowest BCUT2D eigenvalue weighted by Crippen LogP contribution is -2.36. The van der Waals surface area contributed by atoms with Gasteiger partial charge in [-0.1, -0.05) is 29.8 Å². The molecule has 0 aromatic carbocycles. The van der Waals surface area contributed by atoms with E-state index < -0.39 is 0 Å². The van der Waals surface area contributed by atoms with Crippen LogP contribution in [0.15, 0.2) is 4.47 Å². The maximum atomic E-state index is 4.58. The van der Waals surface area contributed by atoms with Crippen LogP contribution in [0.3, 0.4) is 0 Å². The lowest BCUT2D eigenvalue weighted by molar-refractivity contribution is 0.183. The third-order valence-electron chi connectivity index (χ3n) is 3.64. The first-order chi connectivity index (χ1) is 9.08. The van der Waals surface area contributed by atoms with Gasteiger partial charge in [-0.3, -0.25) is 9.58 Å². The van der Waals surface area contributed by atoms with Gasteiger partial charge in [-0.2, -0.15) is 5.10 Å². The molecular formula is C14H25Br2N3. The van der Waals surface area contributed by atoms with E-state index in [-0.39, 0.29) is 0 Å². The van der Waals surface area contributed by atoms with Gasteiger partial charge in [0, 0.05) is 31.0 Å². The number of aryl methyl sites for hydroxylation is 2. The zero-order chi connectivity index (χ0) is 14.4. The summed E-state index contributed by atoms with van der Waals surface area (Å²) in [6.07, 6.45) is 2.39. The number of rotatable bonds is 8. The Morgan fingerprint density at radius 2 is 1.89 bits per heavy atom. The summed E-state index contributed by atoms with van der Waals surface area (Å²) in [4.78, 5) is 2.56. The second kappa shape index (κ2) is 8.42. The zero-order valence-corrected chi connectivity index (χ0v) is 15.6. The van der Waals surface area contributed by atoms with Crippen molar-refractivity contribution in [2.45, 2.75) is 59.7 Å². The summed E-state index contributed by atoms with van der Waals surface area (Å²) < 4.78 is 3.28. The molecule has 1 rings (SSSR count). The molecule has 110 valence electrons. The molecule has 0 unspecified atom stereocenters. The Balaban J connectivity index is 2.95. The number of hydrogen-bond donors (Lipinski definition) is 0. The first kappa shape index (κ1) is 17.2. The molecule has 1 heterocycles. The van der Waals surface area contributed by atoms with Crippen molar-refractivity contribution >= 4 is 31.9 Å². The summed E-state index contributed by atoms with van der Waals surface area (Å²) in [5.41, 5.74) is 2.38. The Bertz CT molecular complexity index is 386. The summed E-state index contributed by atoms with van der Waals surface area (Å²) in [7, 11) is 0. The van der Waals surface area contributed by atoms with Crippen molar-refractivity contribution in [1.29, 1.82) is 0 Å². The quantitative estimate of drug-likeness (QED) is 0.610. The minimum absolute atomic E-state index is 0.643. The first-order valence-corrected chi connectivity index (χ1v) is 9.02. The summed E-state index contributed by atoms with van der Waals surface area (Å²) in [5.74, 6) is 0. The van der Waals surface area contributed by atoms with E-state index in [9.17, 15) is 0 Å². The number of hydrogen-bond acceptors (Lipinski definition) is 2. The maximum Gasteiger partial charge on any atom is 0.0739 e. The van der Waals surface area contributed by atoms with E-state index >= 15 is 0 Å². The highest BCUT2D eigenvalue weighted by Gasteiger charge is 2.19. The lowest BCUT2D eigenvalue weighted by atomic mass is 10.1. The van der Waals surface area contributed by atoms with E-state index in [0.717, 1.165) is 30.7 Å². The molecular weight excluding hydrogens is 370 g/mol. The average molecular weight is 395 g/mol. The molecule has 5 heteroatoms. The normalized spacial score (nSPS) is 11.8. The van der Waals surface area contributed by atoms with Crippen LogP contribution in [0.5, 0.6) is 0 Å². The third kappa shape index (κ3) is 4.30. The molecule has 0 bridgehead atoms. The SMILES string of the molecule is CCC(CC)N(CCBr)Cc1c(Br)c(C)nn1CC. The van der Waals surface area contributed by atoms with Crippen molar-refractivity contribution < 1.29 is 0 Å². The summed E-state index contributed by atoms with van der Waals surface area (Å²) in [6.45, 7) is 11.7. The van der Waals surface area contributed by atoms with Gasteiger partial charge in [-0.15, -0.1) is 0 Å². The van der Waals surface area contributed by atoms with Crippen LogP contribution in [0.2, 0.25) is 0 Å². The molecule has 0 N–H and O–H groups in total. The Morgan fingerprint density at radius 1 is 1.26 bits per heavy atom. The molecule has 0 aliphatic heterocycles. The second-order valence-corrected chi connectivity index (χ2v) is 6.38. The van der Waals surface area contributed by atoms with E-state index in [1.807, 2.05) is 0 Å². The predicted molar refractivity (Wildman–Crippen MR) is 88.9 cm³/mol. The van der Waals surface area contributed by atoms with Crippen molar-refractivity contribution in [3.8, 4) is 0 Å². The fraction of sp³-hybridized carbons (Fsp3) is 0.786. The van der Waals surface area contributed by atoms with Crippen molar-refractivity contribution in [2.24, 2.45) is 0 Å². The highest BCUT2D eigenvalue weighted by molar-refractivity contribution is 9.10. The topological polar surface area (TPSA) is 21.1 Å². The molecule has 0 spiro atoms. The Labute approximate surface area is 134 Å². The van der Waals surface area contributed by atoms with Crippen LogP contribution in [0.1, 0.15) is 45.0 Å². The van der Waals surface area contributed by atoms with Gasteiger partial charge < -0.3 is 0 Å². The van der Waals surface area contributed by atoms with Crippen LogP contribution in [0.4, 0.5) is 0 Å². The summed E-state index contributed by atoms with van der Waals surface area (Å²) >= 11 is 7.27. The van der Waals surface area contributed by atoms with E-state index in [4.69, 9.17) is 0 Å². The minimum Gasteiger partial charge on any atom is -0.294 e. The number of aromatic nitrogens is 2. The summed E-state index contributed by atoms with van der Waals surface area (Å²) in [5, 5.41) is 5.60. The second-order valence-electron chi connectivity index (χ2n) is 4.79. The van der Waals surface area contributed by atoms with E-state index in [1.54, 1.807) is 0 Å². The van der Waals surface area contributed by atoms with Crippen LogP contribution in [0, 0.1) is 6.92 Å². The number of nitrogens with zero attached hydrogens (tertiary/aromatic N) is 3. The van der Waals surface area contributed by atoms with Crippen LogP contribution in [-0.4, -0.2) is 32.6 Å². The van der Waals surface area contributed by atoms with Gasteiger partial charge in [-0.25, -0.2) is 0 Å². The summed E-state index contributed by atoms with van der Waals surface area (Å²) in [6, 6.07) is 0.643. The molecule has 0 saturated carbocycles. The molecule has 1 aromatic rings. The van der Waals surface area contributed by atoms with Crippen molar-refractivity contribution in [3.05, 3.63) is 15.9 Å². The van der Waals surface area contributed by atoms with E-state index in [0.29, 0.717) is 6.04 Å². The first-order valence-electron chi connectivity index (χ1n) is 7.10. The van der Waals surface area contributed by atoms with Crippen molar-refractivity contribution in [1.82, 2.24) is 14.7 Å². The average Bonchev–Trinajstić information content (AvgIpc) is 2.68. The van der Waals surface area contributed by atoms with E-state index in [1.165, 1.54) is 23.0 Å². The molecule has 0 atom stereocenters. The van der Waals surface area contributed by atoms with Gasteiger partial charge in [0.25, 0.3) is 0 Å². The molecule has 19 heavy (non-hydrogen) atoms. The maximum absolute atomic E-state index is 4.58. The smallest absolute Gasteiger partial charge is 0.0739 e. The van der Waals surface area contributed by atoms with Gasteiger partial charge in [0.1, 0.15) is 0 Å². The Hall–Kier alpha value is 0.130. The number of alkyl halides is 1. The molecule has 1 aromatic heterocycles. The van der Waals surface area contributed by atoms with E-state index in [2.05, 4.69) is 74.2 Å². The Kier molecular flexibility index (Phi) is 7.62. The van der Waals surface area contributed by atoms with Crippen LogP contribution >= 0.6 is 31.9 Å².